The lowest BCUT2D eigenvalue weighted by Crippen LogP contribution is -2.31. The van der Waals surface area contributed by atoms with Crippen LogP contribution in [0.25, 0.3) is 0 Å². The van der Waals surface area contributed by atoms with Gasteiger partial charge in [0.1, 0.15) is 5.75 Å². The Morgan fingerprint density at radius 3 is 2.59 bits per heavy atom. The molecular weight excluding hydrogens is 388 g/mol. The molecule has 2 fully saturated rings. The van der Waals surface area contributed by atoms with Crippen molar-refractivity contribution in [3.05, 3.63) is 59.7 Å². The number of likely N-dealkylation sites (tertiary alicyclic amines) is 1. The first kappa shape index (κ1) is 19.8. The quantitative estimate of drug-likeness (QED) is 0.750. The molecule has 2 heterocycles. The molecule has 2 aliphatic rings. The van der Waals surface area contributed by atoms with Gasteiger partial charge < -0.3 is 9.64 Å². The van der Waals surface area contributed by atoms with Gasteiger partial charge in [-0.15, -0.1) is 0 Å². The molecule has 0 spiro atoms. The second-order valence-corrected chi connectivity index (χ2v) is 9.46. The van der Waals surface area contributed by atoms with Crippen LogP contribution in [0.5, 0.6) is 5.75 Å². The highest BCUT2D eigenvalue weighted by molar-refractivity contribution is 7.93. The van der Waals surface area contributed by atoms with Gasteiger partial charge in [0.15, 0.2) is 0 Å². The normalized spacial score (nSPS) is 20.8. The molecule has 0 N–H and O–H groups in total. The zero-order valence-electron chi connectivity index (χ0n) is 16.6. The highest BCUT2D eigenvalue weighted by atomic mass is 32.2. The lowest BCUT2D eigenvalue weighted by atomic mass is 10.0. The summed E-state index contributed by atoms with van der Waals surface area (Å²) in [7, 11) is -3.27. The van der Waals surface area contributed by atoms with Gasteiger partial charge in [-0.05, 0) is 62.1 Å². The Morgan fingerprint density at radius 1 is 1.10 bits per heavy atom. The Hall–Kier alpha value is -2.54. The molecule has 0 saturated carbocycles. The van der Waals surface area contributed by atoms with Crippen LogP contribution in [0, 0.1) is 0 Å². The van der Waals surface area contributed by atoms with Crippen molar-refractivity contribution in [3.8, 4) is 5.75 Å². The van der Waals surface area contributed by atoms with Gasteiger partial charge in [0.25, 0.3) is 5.91 Å². The van der Waals surface area contributed by atoms with Crippen molar-refractivity contribution in [1.82, 2.24) is 4.90 Å². The van der Waals surface area contributed by atoms with Crippen molar-refractivity contribution in [1.29, 1.82) is 0 Å². The highest BCUT2D eigenvalue weighted by Gasteiger charge is 2.32. The third-order valence-electron chi connectivity index (χ3n) is 5.57. The lowest BCUT2D eigenvalue weighted by Gasteiger charge is -2.26. The van der Waals surface area contributed by atoms with E-state index in [0.29, 0.717) is 37.4 Å². The predicted octanol–water partition coefficient (Wildman–Crippen LogP) is 3.60. The molecule has 2 aromatic rings. The summed E-state index contributed by atoms with van der Waals surface area (Å²) in [5.41, 5.74) is 2.20. The number of anilines is 1. The summed E-state index contributed by atoms with van der Waals surface area (Å²) in [6.45, 7) is 3.74. The Balaban J connectivity index is 1.56. The van der Waals surface area contributed by atoms with Crippen LogP contribution in [-0.4, -0.2) is 44.7 Å². The number of rotatable bonds is 5. The summed E-state index contributed by atoms with van der Waals surface area (Å²) < 4.78 is 31.4. The summed E-state index contributed by atoms with van der Waals surface area (Å²) in [5, 5.41) is 0. The SMILES string of the molecule is CCOc1ccc(C2CCCN2C(=O)c2cccc(N3CCCS3(=O)=O)c2)cc1. The fourth-order valence-electron chi connectivity index (χ4n) is 4.20. The molecule has 1 amide bonds. The summed E-state index contributed by atoms with van der Waals surface area (Å²) in [6.07, 6.45) is 2.48. The number of sulfonamides is 1. The van der Waals surface area contributed by atoms with Crippen molar-refractivity contribution in [2.24, 2.45) is 0 Å². The third-order valence-corrected chi connectivity index (χ3v) is 7.44. The largest absolute Gasteiger partial charge is 0.494 e. The number of hydrogen-bond donors (Lipinski definition) is 0. The number of benzene rings is 2. The lowest BCUT2D eigenvalue weighted by molar-refractivity contribution is 0.0735. The molecule has 7 heteroatoms. The van der Waals surface area contributed by atoms with E-state index >= 15 is 0 Å². The Morgan fingerprint density at radius 2 is 1.90 bits per heavy atom. The van der Waals surface area contributed by atoms with E-state index < -0.39 is 10.0 Å². The van der Waals surface area contributed by atoms with E-state index in [1.54, 1.807) is 24.3 Å². The number of hydrogen-bond acceptors (Lipinski definition) is 4. The van der Waals surface area contributed by atoms with Crippen molar-refractivity contribution < 1.29 is 17.9 Å². The number of carbonyl (C=O) groups excluding carboxylic acids is 1. The molecule has 154 valence electrons. The summed E-state index contributed by atoms with van der Waals surface area (Å²) >= 11 is 0. The highest BCUT2D eigenvalue weighted by Crippen LogP contribution is 2.34. The molecule has 0 aliphatic carbocycles. The first-order chi connectivity index (χ1) is 14.0. The fourth-order valence-corrected chi connectivity index (χ4v) is 5.75. The fraction of sp³-hybridized carbons (Fsp3) is 0.409. The van der Waals surface area contributed by atoms with E-state index in [-0.39, 0.29) is 17.7 Å². The average molecular weight is 415 g/mol. The summed E-state index contributed by atoms with van der Waals surface area (Å²) in [5.74, 6) is 0.934. The maximum Gasteiger partial charge on any atom is 0.254 e. The van der Waals surface area contributed by atoms with E-state index in [1.807, 2.05) is 36.1 Å². The van der Waals surface area contributed by atoms with E-state index in [2.05, 4.69) is 0 Å². The molecule has 1 atom stereocenters. The smallest absolute Gasteiger partial charge is 0.254 e. The van der Waals surface area contributed by atoms with Crippen LogP contribution in [0.1, 0.15) is 48.1 Å². The number of nitrogens with zero attached hydrogens (tertiary/aromatic N) is 2. The maximum atomic E-state index is 13.3. The Labute approximate surface area is 172 Å². The molecular formula is C22H26N2O4S. The molecule has 6 nitrogen and oxygen atoms in total. The minimum Gasteiger partial charge on any atom is -0.494 e. The van der Waals surface area contributed by atoms with Gasteiger partial charge in [-0.3, -0.25) is 9.10 Å². The van der Waals surface area contributed by atoms with E-state index in [9.17, 15) is 13.2 Å². The number of amides is 1. The van der Waals surface area contributed by atoms with Crippen molar-refractivity contribution in [2.45, 2.75) is 32.2 Å². The van der Waals surface area contributed by atoms with Crippen molar-refractivity contribution in [2.75, 3.05) is 29.8 Å². The monoisotopic (exact) mass is 414 g/mol. The minimum atomic E-state index is -3.27. The number of carbonyl (C=O) groups is 1. The number of ether oxygens (including phenoxy) is 1. The van der Waals surface area contributed by atoms with Gasteiger partial charge in [-0.2, -0.15) is 0 Å². The standard InChI is InChI=1S/C22H26N2O4S/c1-2-28-20-11-9-17(10-12-20)21-8-4-13-23(21)22(25)18-6-3-7-19(16-18)24-14-5-15-29(24,26)27/h3,6-7,9-12,16,21H,2,4-5,8,13-15H2,1H3. The van der Waals surface area contributed by atoms with Crippen LogP contribution < -0.4 is 9.04 Å². The van der Waals surface area contributed by atoms with Crippen LogP contribution in [0.15, 0.2) is 48.5 Å². The van der Waals surface area contributed by atoms with Gasteiger partial charge in [-0.25, -0.2) is 8.42 Å². The average Bonchev–Trinajstić information content (AvgIpc) is 3.34. The van der Waals surface area contributed by atoms with Crippen LogP contribution in [0.3, 0.4) is 0 Å². The summed E-state index contributed by atoms with van der Waals surface area (Å²) in [6, 6.07) is 14.9. The van der Waals surface area contributed by atoms with Crippen molar-refractivity contribution in [3.63, 3.8) is 0 Å². The van der Waals surface area contributed by atoms with Crippen molar-refractivity contribution >= 4 is 21.6 Å². The van der Waals surface area contributed by atoms with Gasteiger partial charge in [0, 0.05) is 18.7 Å². The molecule has 4 rings (SSSR count). The third kappa shape index (κ3) is 3.96. The van der Waals surface area contributed by atoms with Crippen LogP contribution in [0.2, 0.25) is 0 Å². The van der Waals surface area contributed by atoms with Gasteiger partial charge in [0.05, 0.1) is 24.1 Å². The Kier molecular flexibility index (Phi) is 5.50. The second kappa shape index (κ2) is 8.06. The molecule has 2 saturated heterocycles. The van der Waals surface area contributed by atoms with E-state index in [1.165, 1.54) is 4.31 Å². The molecule has 29 heavy (non-hydrogen) atoms. The van der Waals surface area contributed by atoms with Gasteiger partial charge in [0.2, 0.25) is 10.0 Å². The molecule has 0 radical (unpaired) electrons. The van der Waals surface area contributed by atoms with Crippen LogP contribution >= 0.6 is 0 Å². The topological polar surface area (TPSA) is 66.9 Å². The maximum absolute atomic E-state index is 13.3. The zero-order chi connectivity index (χ0) is 20.4. The zero-order valence-corrected chi connectivity index (χ0v) is 17.4. The molecule has 1 unspecified atom stereocenters. The van der Waals surface area contributed by atoms with E-state index in [0.717, 1.165) is 24.2 Å². The van der Waals surface area contributed by atoms with Crippen LogP contribution in [0.4, 0.5) is 5.69 Å². The Bertz CT molecular complexity index is 988. The first-order valence-corrected chi connectivity index (χ1v) is 11.7. The summed E-state index contributed by atoms with van der Waals surface area (Å²) in [4.78, 5) is 15.2. The first-order valence-electron chi connectivity index (χ1n) is 10.1. The van der Waals surface area contributed by atoms with Gasteiger partial charge >= 0.3 is 0 Å². The second-order valence-electron chi connectivity index (χ2n) is 7.45. The molecule has 0 bridgehead atoms. The minimum absolute atomic E-state index is 0.0253. The molecule has 0 aromatic heterocycles. The predicted molar refractivity (Wildman–Crippen MR) is 113 cm³/mol. The van der Waals surface area contributed by atoms with Crippen LogP contribution in [-0.2, 0) is 10.0 Å². The van der Waals surface area contributed by atoms with Gasteiger partial charge in [-0.1, -0.05) is 18.2 Å². The molecule has 2 aliphatic heterocycles. The van der Waals surface area contributed by atoms with E-state index in [4.69, 9.17) is 4.74 Å². The molecule has 2 aromatic carbocycles.